The molecule has 1 saturated heterocycles. The van der Waals surface area contributed by atoms with Gasteiger partial charge in [0.25, 0.3) is 5.91 Å². The van der Waals surface area contributed by atoms with Crippen LogP contribution in [-0.4, -0.2) is 18.2 Å². The average molecular weight is 217 g/mol. The van der Waals surface area contributed by atoms with Gasteiger partial charge in [-0.3, -0.25) is 9.59 Å². The number of amides is 1. The molecule has 1 heterocycles. The topological polar surface area (TPSA) is 37.4 Å². The van der Waals surface area contributed by atoms with E-state index in [9.17, 15) is 9.59 Å². The minimum absolute atomic E-state index is 0.271. The van der Waals surface area contributed by atoms with Gasteiger partial charge in [-0.05, 0) is 37.5 Å². The van der Waals surface area contributed by atoms with Crippen LogP contribution in [0.2, 0.25) is 0 Å². The number of carbonyl (C=O) groups excluding carboxylic acids is 2. The van der Waals surface area contributed by atoms with E-state index in [1.807, 2.05) is 32.0 Å². The van der Waals surface area contributed by atoms with Crippen molar-refractivity contribution >= 4 is 17.4 Å². The molecule has 1 amide bonds. The van der Waals surface area contributed by atoms with Crippen molar-refractivity contribution in [1.82, 2.24) is 0 Å². The zero-order chi connectivity index (χ0) is 11.7. The Hall–Kier alpha value is -1.64. The third-order valence-electron chi connectivity index (χ3n) is 2.92. The number of ketones is 1. The number of benzene rings is 1. The maximum absolute atomic E-state index is 11.8. The van der Waals surface area contributed by atoms with Gasteiger partial charge in [-0.1, -0.05) is 12.1 Å². The van der Waals surface area contributed by atoms with E-state index in [1.54, 1.807) is 4.90 Å². The molecular weight excluding hydrogens is 202 g/mol. The lowest BCUT2D eigenvalue weighted by Gasteiger charge is -2.27. The van der Waals surface area contributed by atoms with Crippen molar-refractivity contribution in [3.8, 4) is 0 Å². The molecule has 2 rings (SSSR count). The van der Waals surface area contributed by atoms with Crippen molar-refractivity contribution in [2.75, 3.05) is 11.4 Å². The molecule has 0 spiro atoms. The highest BCUT2D eigenvalue weighted by Crippen LogP contribution is 2.24. The van der Waals surface area contributed by atoms with Crippen LogP contribution in [0.1, 0.15) is 24.0 Å². The Balaban J connectivity index is 2.39. The van der Waals surface area contributed by atoms with Gasteiger partial charge in [-0.15, -0.1) is 0 Å². The number of carbonyl (C=O) groups is 2. The van der Waals surface area contributed by atoms with E-state index in [0.29, 0.717) is 13.0 Å². The fourth-order valence-corrected chi connectivity index (χ4v) is 2.00. The Labute approximate surface area is 95.1 Å². The van der Waals surface area contributed by atoms with E-state index < -0.39 is 0 Å². The number of hydrogen-bond donors (Lipinski definition) is 0. The monoisotopic (exact) mass is 217 g/mol. The van der Waals surface area contributed by atoms with Gasteiger partial charge in [0.05, 0.1) is 0 Å². The van der Waals surface area contributed by atoms with Crippen molar-refractivity contribution in [2.24, 2.45) is 0 Å². The summed E-state index contributed by atoms with van der Waals surface area (Å²) in [7, 11) is 0. The van der Waals surface area contributed by atoms with E-state index in [0.717, 1.165) is 23.2 Å². The summed E-state index contributed by atoms with van der Waals surface area (Å²) in [4.78, 5) is 24.8. The number of aryl methyl sites for hydroxylation is 2. The van der Waals surface area contributed by atoms with E-state index in [-0.39, 0.29) is 11.7 Å². The van der Waals surface area contributed by atoms with Crippen LogP contribution in [0.5, 0.6) is 0 Å². The lowest BCUT2D eigenvalue weighted by molar-refractivity contribution is -0.137. The van der Waals surface area contributed by atoms with Crippen LogP contribution in [0, 0.1) is 13.8 Å². The van der Waals surface area contributed by atoms with Crippen molar-refractivity contribution < 1.29 is 9.59 Å². The first kappa shape index (κ1) is 10.9. The molecule has 1 aromatic carbocycles. The average Bonchev–Trinajstić information content (AvgIpc) is 2.26. The summed E-state index contributed by atoms with van der Waals surface area (Å²) in [5.74, 6) is -0.632. The first-order chi connectivity index (χ1) is 7.59. The van der Waals surface area contributed by atoms with E-state index in [4.69, 9.17) is 0 Å². The number of Topliss-reactive ketones (excluding diaryl/α,β-unsaturated/α-hetero) is 1. The number of rotatable bonds is 1. The normalized spacial score (nSPS) is 16.8. The third-order valence-corrected chi connectivity index (χ3v) is 2.92. The van der Waals surface area contributed by atoms with Crippen LogP contribution < -0.4 is 4.90 Å². The standard InChI is InChI=1S/C13H15NO2/c1-9-5-6-10(2)11(8-9)14-7-3-4-12(15)13(14)16/h5-6,8H,3-4,7H2,1-2H3. The summed E-state index contributed by atoms with van der Waals surface area (Å²) in [6, 6.07) is 5.96. The molecule has 0 saturated carbocycles. The molecular formula is C13H15NO2. The second-order valence-electron chi connectivity index (χ2n) is 4.27. The van der Waals surface area contributed by atoms with Crippen LogP contribution in [0.4, 0.5) is 5.69 Å². The highest BCUT2D eigenvalue weighted by Gasteiger charge is 2.27. The summed E-state index contributed by atoms with van der Waals surface area (Å²) < 4.78 is 0. The lowest BCUT2D eigenvalue weighted by atomic mass is 10.0. The quantitative estimate of drug-likeness (QED) is 0.675. The van der Waals surface area contributed by atoms with Gasteiger partial charge in [-0.2, -0.15) is 0 Å². The molecule has 1 aromatic rings. The second kappa shape index (κ2) is 4.08. The largest absolute Gasteiger partial charge is 0.306 e. The summed E-state index contributed by atoms with van der Waals surface area (Å²) in [6.45, 7) is 4.59. The minimum atomic E-state index is -0.361. The Kier molecular flexibility index (Phi) is 2.77. The van der Waals surface area contributed by atoms with Crippen molar-refractivity contribution in [3.63, 3.8) is 0 Å². The molecule has 3 heteroatoms. The Morgan fingerprint density at radius 2 is 1.94 bits per heavy atom. The molecule has 0 aliphatic carbocycles. The summed E-state index contributed by atoms with van der Waals surface area (Å²) in [5, 5.41) is 0. The predicted octanol–water partition coefficient (Wildman–Crippen LogP) is 2.00. The SMILES string of the molecule is Cc1ccc(C)c(N2CCCC(=O)C2=O)c1. The molecule has 0 unspecified atom stereocenters. The number of hydrogen-bond acceptors (Lipinski definition) is 2. The number of piperidine rings is 1. The molecule has 84 valence electrons. The number of anilines is 1. The molecule has 0 N–H and O–H groups in total. The molecule has 1 aliphatic rings. The van der Waals surface area contributed by atoms with Crippen LogP contribution in [0.15, 0.2) is 18.2 Å². The molecule has 0 atom stereocenters. The van der Waals surface area contributed by atoms with Crippen LogP contribution in [0.25, 0.3) is 0 Å². The predicted molar refractivity (Wildman–Crippen MR) is 62.5 cm³/mol. The van der Waals surface area contributed by atoms with Gasteiger partial charge in [0.15, 0.2) is 0 Å². The molecule has 0 radical (unpaired) electrons. The first-order valence-electron chi connectivity index (χ1n) is 5.51. The molecule has 3 nitrogen and oxygen atoms in total. The van der Waals surface area contributed by atoms with Gasteiger partial charge in [-0.25, -0.2) is 0 Å². The first-order valence-corrected chi connectivity index (χ1v) is 5.51. The maximum Gasteiger partial charge on any atom is 0.294 e. The Morgan fingerprint density at radius 1 is 1.19 bits per heavy atom. The maximum atomic E-state index is 11.8. The highest BCUT2D eigenvalue weighted by molar-refractivity contribution is 6.42. The molecule has 0 bridgehead atoms. The minimum Gasteiger partial charge on any atom is -0.306 e. The van der Waals surface area contributed by atoms with Crippen molar-refractivity contribution in [2.45, 2.75) is 26.7 Å². The zero-order valence-electron chi connectivity index (χ0n) is 9.62. The van der Waals surface area contributed by atoms with E-state index >= 15 is 0 Å². The van der Waals surface area contributed by atoms with Gasteiger partial charge in [0.1, 0.15) is 0 Å². The fraction of sp³-hybridized carbons (Fsp3) is 0.385. The summed E-state index contributed by atoms with van der Waals surface area (Å²) in [6.07, 6.45) is 1.15. The van der Waals surface area contributed by atoms with E-state index in [1.165, 1.54) is 0 Å². The van der Waals surface area contributed by atoms with Gasteiger partial charge in [0, 0.05) is 18.7 Å². The van der Waals surface area contributed by atoms with Crippen molar-refractivity contribution in [3.05, 3.63) is 29.3 Å². The Morgan fingerprint density at radius 3 is 2.69 bits per heavy atom. The molecule has 1 fully saturated rings. The number of nitrogens with zero attached hydrogens (tertiary/aromatic N) is 1. The van der Waals surface area contributed by atoms with Gasteiger partial charge in [0.2, 0.25) is 5.78 Å². The lowest BCUT2D eigenvalue weighted by Crippen LogP contribution is -2.42. The molecule has 1 aliphatic heterocycles. The van der Waals surface area contributed by atoms with Crippen LogP contribution in [0.3, 0.4) is 0 Å². The second-order valence-corrected chi connectivity index (χ2v) is 4.27. The highest BCUT2D eigenvalue weighted by atomic mass is 16.2. The van der Waals surface area contributed by atoms with Crippen LogP contribution >= 0.6 is 0 Å². The molecule has 0 aromatic heterocycles. The zero-order valence-corrected chi connectivity index (χ0v) is 9.62. The smallest absolute Gasteiger partial charge is 0.294 e. The van der Waals surface area contributed by atoms with E-state index in [2.05, 4.69) is 0 Å². The van der Waals surface area contributed by atoms with Crippen LogP contribution in [-0.2, 0) is 9.59 Å². The summed E-state index contributed by atoms with van der Waals surface area (Å²) in [5.41, 5.74) is 3.01. The molecule has 16 heavy (non-hydrogen) atoms. The fourth-order valence-electron chi connectivity index (χ4n) is 2.00. The van der Waals surface area contributed by atoms with Crippen molar-refractivity contribution in [1.29, 1.82) is 0 Å². The summed E-state index contributed by atoms with van der Waals surface area (Å²) >= 11 is 0. The Bertz CT molecular complexity index is 451. The third kappa shape index (κ3) is 1.85. The van der Waals surface area contributed by atoms with Gasteiger partial charge >= 0.3 is 0 Å². The van der Waals surface area contributed by atoms with Gasteiger partial charge < -0.3 is 4.90 Å².